The average molecular weight is 251 g/mol. The van der Waals surface area contributed by atoms with Crippen LogP contribution in [0.4, 0.5) is 10.1 Å². The fourth-order valence-electron chi connectivity index (χ4n) is 1.55. The second-order valence-electron chi connectivity index (χ2n) is 3.83. The lowest BCUT2D eigenvalue weighted by Gasteiger charge is -2.14. The number of rotatable bonds is 5. The highest BCUT2D eigenvalue weighted by Crippen LogP contribution is 2.20. The Morgan fingerprint density at radius 2 is 2.28 bits per heavy atom. The number of halogens is 1. The minimum absolute atomic E-state index is 0.133. The van der Waals surface area contributed by atoms with Gasteiger partial charge in [0.2, 0.25) is 0 Å². The normalized spacial score (nSPS) is 12.4. The molecule has 0 saturated carbocycles. The zero-order valence-electron chi connectivity index (χ0n) is 9.62. The molecule has 1 atom stereocenters. The van der Waals surface area contributed by atoms with Crippen LogP contribution < -0.4 is 5.32 Å². The lowest BCUT2D eigenvalue weighted by atomic mass is 10.2. The Bertz CT molecular complexity index is 502. The maximum atomic E-state index is 13.2. The number of nitrogens with one attached hydrogen (secondary N) is 1. The number of benzene rings is 1. The van der Waals surface area contributed by atoms with Crippen LogP contribution in [0, 0.1) is 5.82 Å². The molecule has 18 heavy (non-hydrogen) atoms. The Balaban J connectivity index is 2.24. The summed E-state index contributed by atoms with van der Waals surface area (Å²) in [6.07, 6.45) is 2.47. The fraction of sp³-hybridized carbons (Fsp3) is 0.250. The molecule has 1 aromatic heterocycles. The van der Waals surface area contributed by atoms with Crippen molar-refractivity contribution in [1.29, 1.82) is 0 Å². The zero-order chi connectivity index (χ0) is 13.0. The van der Waals surface area contributed by atoms with E-state index in [2.05, 4.69) is 10.4 Å². The van der Waals surface area contributed by atoms with Crippen LogP contribution in [0.5, 0.6) is 0 Å². The molecule has 0 saturated heterocycles. The van der Waals surface area contributed by atoms with Gasteiger partial charge >= 0.3 is 0 Å². The van der Waals surface area contributed by atoms with Crippen LogP contribution in [-0.4, -0.2) is 39.2 Å². The van der Waals surface area contributed by atoms with E-state index in [0.29, 0.717) is 11.4 Å². The first-order chi connectivity index (χ1) is 8.70. The summed E-state index contributed by atoms with van der Waals surface area (Å²) in [6, 6.07) is 6.01. The second-order valence-corrected chi connectivity index (χ2v) is 3.83. The molecule has 0 aliphatic rings. The fourth-order valence-corrected chi connectivity index (χ4v) is 1.55. The second kappa shape index (κ2) is 5.61. The molecule has 0 radical (unpaired) electrons. The first-order valence-electron chi connectivity index (χ1n) is 5.53. The first-order valence-corrected chi connectivity index (χ1v) is 5.53. The Morgan fingerprint density at radius 1 is 1.44 bits per heavy atom. The average Bonchev–Trinajstić information content (AvgIpc) is 2.89. The molecule has 0 aliphatic carbocycles. The molecule has 0 amide bonds. The van der Waals surface area contributed by atoms with Crippen LogP contribution in [-0.2, 0) is 0 Å². The van der Waals surface area contributed by atoms with Gasteiger partial charge in [0.25, 0.3) is 0 Å². The van der Waals surface area contributed by atoms with Crippen molar-refractivity contribution >= 4 is 5.69 Å². The molecule has 0 aliphatic heterocycles. The minimum Gasteiger partial charge on any atom is -0.394 e. The maximum Gasteiger partial charge on any atom is 0.125 e. The highest BCUT2D eigenvalue weighted by Gasteiger charge is 2.08. The molecule has 2 rings (SSSR count). The summed E-state index contributed by atoms with van der Waals surface area (Å²) in [4.78, 5) is 0. The van der Waals surface area contributed by atoms with Crippen molar-refractivity contribution in [1.82, 2.24) is 9.78 Å². The maximum absolute atomic E-state index is 13.2. The number of aliphatic hydroxyl groups is 2. The highest BCUT2D eigenvalue weighted by molar-refractivity contribution is 5.60. The molecule has 2 aromatic rings. The van der Waals surface area contributed by atoms with Gasteiger partial charge in [-0.2, -0.15) is 5.10 Å². The summed E-state index contributed by atoms with van der Waals surface area (Å²) >= 11 is 0. The van der Waals surface area contributed by atoms with E-state index in [1.165, 1.54) is 12.1 Å². The third-order valence-corrected chi connectivity index (χ3v) is 2.45. The number of hydrogen-bond donors (Lipinski definition) is 3. The Hall–Kier alpha value is -1.92. The molecule has 0 spiro atoms. The van der Waals surface area contributed by atoms with Gasteiger partial charge in [0, 0.05) is 18.9 Å². The Morgan fingerprint density at radius 3 is 2.94 bits per heavy atom. The molecule has 5 nitrogen and oxygen atoms in total. The summed E-state index contributed by atoms with van der Waals surface area (Å²) in [5, 5.41) is 25.0. The quantitative estimate of drug-likeness (QED) is 0.734. The first kappa shape index (κ1) is 12.5. The van der Waals surface area contributed by atoms with Crippen molar-refractivity contribution in [3.8, 4) is 5.69 Å². The van der Waals surface area contributed by atoms with E-state index in [1.54, 1.807) is 29.2 Å². The molecule has 1 heterocycles. The molecule has 6 heteroatoms. The third kappa shape index (κ3) is 2.85. The van der Waals surface area contributed by atoms with Gasteiger partial charge in [-0.15, -0.1) is 0 Å². The van der Waals surface area contributed by atoms with E-state index in [-0.39, 0.29) is 19.0 Å². The van der Waals surface area contributed by atoms with Gasteiger partial charge in [0.15, 0.2) is 0 Å². The van der Waals surface area contributed by atoms with Crippen molar-refractivity contribution < 1.29 is 14.6 Å². The zero-order valence-corrected chi connectivity index (χ0v) is 9.62. The van der Waals surface area contributed by atoms with Crippen LogP contribution in [0.2, 0.25) is 0 Å². The van der Waals surface area contributed by atoms with Gasteiger partial charge in [0.1, 0.15) is 5.82 Å². The molecule has 0 bridgehead atoms. The summed E-state index contributed by atoms with van der Waals surface area (Å²) in [5.41, 5.74) is 1.18. The van der Waals surface area contributed by atoms with Crippen LogP contribution in [0.15, 0.2) is 36.7 Å². The summed E-state index contributed by atoms with van der Waals surface area (Å²) < 4.78 is 14.8. The van der Waals surface area contributed by atoms with E-state index in [4.69, 9.17) is 5.11 Å². The SMILES string of the molecule is OCC(O)CNc1cc(F)ccc1-n1cccn1. The predicted octanol–water partition coefficient (Wildman–Crippen LogP) is 0.777. The van der Waals surface area contributed by atoms with Crippen LogP contribution in [0.3, 0.4) is 0 Å². The van der Waals surface area contributed by atoms with Crippen molar-refractivity contribution in [3.63, 3.8) is 0 Å². The van der Waals surface area contributed by atoms with E-state index in [9.17, 15) is 9.50 Å². The Kier molecular flexibility index (Phi) is 3.91. The largest absolute Gasteiger partial charge is 0.394 e. The summed E-state index contributed by atoms with van der Waals surface area (Å²) in [6.45, 7) is -0.215. The number of aliphatic hydroxyl groups excluding tert-OH is 2. The van der Waals surface area contributed by atoms with E-state index in [0.717, 1.165) is 0 Å². The molecular formula is C12H14FN3O2. The topological polar surface area (TPSA) is 70.3 Å². The molecule has 1 unspecified atom stereocenters. The van der Waals surface area contributed by atoms with E-state index in [1.807, 2.05) is 0 Å². The third-order valence-electron chi connectivity index (χ3n) is 2.45. The van der Waals surface area contributed by atoms with Crippen molar-refractivity contribution in [2.75, 3.05) is 18.5 Å². The molecule has 3 N–H and O–H groups in total. The highest BCUT2D eigenvalue weighted by atomic mass is 19.1. The summed E-state index contributed by atoms with van der Waals surface area (Å²) in [5.74, 6) is -0.383. The van der Waals surface area contributed by atoms with Crippen molar-refractivity contribution in [3.05, 3.63) is 42.5 Å². The molecule has 1 aromatic carbocycles. The molecule has 0 fully saturated rings. The monoisotopic (exact) mass is 251 g/mol. The molecule has 96 valence electrons. The summed E-state index contributed by atoms with van der Waals surface area (Å²) in [7, 11) is 0. The molecular weight excluding hydrogens is 237 g/mol. The van der Waals surface area contributed by atoms with Crippen molar-refractivity contribution in [2.45, 2.75) is 6.10 Å². The number of hydrogen-bond acceptors (Lipinski definition) is 4. The van der Waals surface area contributed by atoms with Gasteiger partial charge in [0.05, 0.1) is 24.1 Å². The van der Waals surface area contributed by atoms with Gasteiger partial charge < -0.3 is 15.5 Å². The van der Waals surface area contributed by atoms with Crippen LogP contribution in [0.25, 0.3) is 5.69 Å². The lowest BCUT2D eigenvalue weighted by Crippen LogP contribution is -2.23. The lowest BCUT2D eigenvalue weighted by molar-refractivity contribution is 0.105. The minimum atomic E-state index is -0.890. The smallest absolute Gasteiger partial charge is 0.125 e. The van der Waals surface area contributed by atoms with E-state index >= 15 is 0 Å². The number of aromatic nitrogens is 2. The van der Waals surface area contributed by atoms with Gasteiger partial charge in [-0.05, 0) is 24.3 Å². The number of nitrogens with zero attached hydrogens (tertiary/aromatic N) is 2. The Labute approximate surface area is 103 Å². The van der Waals surface area contributed by atoms with E-state index < -0.39 is 6.10 Å². The standard InChI is InChI=1S/C12H14FN3O2/c13-9-2-3-12(16-5-1-4-15-16)11(6-9)14-7-10(18)8-17/h1-6,10,14,17-18H,7-8H2. The van der Waals surface area contributed by atoms with Gasteiger partial charge in [-0.1, -0.05) is 0 Å². The van der Waals surface area contributed by atoms with Crippen LogP contribution in [0.1, 0.15) is 0 Å². The van der Waals surface area contributed by atoms with Gasteiger partial charge in [-0.3, -0.25) is 0 Å². The predicted molar refractivity (Wildman–Crippen MR) is 65.1 cm³/mol. The number of anilines is 1. The van der Waals surface area contributed by atoms with Gasteiger partial charge in [-0.25, -0.2) is 9.07 Å². The van der Waals surface area contributed by atoms with Crippen LogP contribution >= 0.6 is 0 Å². The van der Waals surface area contributed by atoms with Crippen molar-refractivity contribution in [2.24, 2.45) is 0 Å².